The Kier molecular flexibility index (Phi) is 12.8. The Balaban J connectivity index is 1.20. The third-order valence-electron chi connectivity index (χ3n) is 8.03. The number of unbranched alkanes of at least 4 members (excludes halogenated alkanes) is 3. The number of rotatable bonds is 16. The molecule has 7 heteroatoms. The molecule has 0 aliphatic rings. The van der Waals surface area contributed by atoms with Crippen LogP contribution in [0.3, 0.4) is 0 Å². The summed E-state index contributed by atoms with van der Waals surface area (Å²) in [7, 11) is 1.34. The summed E-state index contributed by atoms with van der Waals surface area (Å²) < 4.78 is 17.7. The van der Waals surface area contributed by atoms with Crippen LogP contribution in [-0.2, 0) is 16.0 Å². The van der Waals surface area contributed by atoms with Crippen LogP contribution in [-0.4, -0.2) is 25.6 Å². The van der Waals surface area contributed by atoms with Gasteiger partial charge in [-0.15, -0.1) is 0 Å². The Morgan fingerprint density at radius 2 is 1.33 bits per heavy atom. The summed E-state index contributed by atoms with van der Waals surface area (Å²) >= 11 is 3.49. The van der Waals surface area contributed by atoms with Crippen molar-refractivity contribution in [3.63, 3.8) is 0 Å². The third kappa shape index (κ3) is 10.3. The smallest absolute Gasteiger partial charge is 0.307 e. The van der Waals surface area contributed by atoms with Gasteiger partial charge in [-0.2, -0.15) is 0 Å². The highest BCUT2D eigenvalue weighted by Gasteiger charge is 2.22. The van der Waals surface area contributed by atoms with Crippen molar-refractivity contribution in [2.45, 2.75) is 44.6 Å². The fraction of sp³-hybridized carbons (Fsp3) is 0.220. The Morgan fingerprint density at radius 1 is 0.708 bits per heavy atom. The van der Waals surface area contributed by atoms with E-state index in [1.165, 1.54) is 12.7 Å². The number of carbonyl (C=O) groups excluding carboxylic acids is 2. The van der Waals surface area contributed by atoms with Crippen molar-refractivity contribution in [1.29, 1.82) is 0 Å². The zero-order valence-electron chi connectivity index (χ0n) is 27.1. The van der Waals surface area contributed by atoms with Gasteiger partial charge in [0, 0.05) is 4.47 Å². The maximum atomic E-state index is 13.7. The number of esters is 1. The van der Waals surface area contributed by atoms with Gasteiger partial charge in [0.25, 0.3) is 5.91 Å². The van der Waals surface area contributed by atoms with Gasteiger partial charge in [-0.3, -0.25) is 9.59 Å². The zero-order chi connectivity index (χ0) is 33.6. The van der Waals surface area contributed by atoms with Crippen molar-refractivity contribution in [3.05, 3.63) is 149 Å². The largest absolute Gasteiger partial charge is 0.493 e. The minimum Gasteiger partial charge on any atom is -0.493 e. The standard InChI is InChI=1S/C41H40BrNO5/c1-46-40(44)29-38(33-19-17-31(18-20-33)32-21-24-36(25-22-32)48-35-15-9-5-10-16-35)43-41(45)37-28-34(42)23-26-39(37)47-27-11-3-2-6-12-30-13-7-4-8-14-30/h4-5,7-10,13-26,28,38H,2-3,6,11-12,27,29H2,1H3,(H,43,45). The molecule has 0 saturated carbocycles. The first-order valence-electron chi connectivity index (χ1n) is 16.3. The molecule has 1 N–H and O–H groups in total. The van der Waals surface area contributed by atoms with E-state index in [0.717, 1.165) is 64.8 Å². The molecule has 48 heavy (non-hydrogen) atoms. The quantitative estimate of drug-likeness (QED) is 0.0817. The summed E-state index contributed by atoms with van der Waals surface area (Å²) in [6.45, 7) is 0.514. The summed E-state index contributed by atoms with van der Waals surface area (Å²) in [5.41, 5.74) is 4.56. The summed E-state index contributed by atoms with van der Waals surface area (Å²) in [5.74, 6) is 1.28. The monoisotopic (exact) mass is 705 g/mol. The first-order chi connectivity index (χ1) is 23.5. The van der Waals surface area contributed by atoms with Crippen molar-refractivity contribution >= 4 is 27.8 Å². The molecule has 5 rings (SSSR count). The molecular weight excluding hydrogens is 666 g/mol. The summed E-state index contributed by atoms with van der Waals surface area (Å²) in [6, 6.07) is 40.6. The Morgan fingerprint density at radius 3 is 2.02 bits per heavy atom. The van der Waals surface area contributed by atoms with Gasteiger partial charge >= 0.3 is 5.97 Å². The molecule has 5 aromatic carbocycles. The molecule has 0 aliphatic heterocycles. The van der Waals surface area contributed by atoms with Crippen LogP contribution in [0.5, 0.6) is 17.2 Å². The lowest BCUT2D eigenvalue weighted by atomic mass is 9.98. The SMILES string of the molecule is COC(=O)CC(NC(=O)c1cc(Br)ccc1OCCCCCCc1ccccc1)c1ccc(-c2ccc(Oc3ccccc3)cc2)cc1. The summed E-state index contributed by atoms with van der Waals surface area (Å²) in [6.07, 6.45) is 5.26. The lowest BCUT2D eigenvalue weighted by Gasteiger charge is -2.20. The number of nitrogens with one attached hydrogen (secondary N) is 1. The van der Waals surface area contributed by atoms with Gasteiger partial charge in [-0.05, 0) is 84.0 Å². The van der Waals surface area contributed by atoms with E-state index in [1.807, 2.05) is 91.0 Å². The van der Waals surface area contributed by atoms with Crippen LogP contribution in [0.2, 0.25) is 0 Å². The lowest BCUT2D eigenvalue weighted by Crippen LogP contribution is -2.31. The average Bonchev–Trinajstić information content (AvgIpc) is 3.12. The zero-order valence-corrected chi connectivity index (χ0v) is 28.7. The normalized spacial score (nSPS) is 11.4. The predicted octanol–water partition coefficient (Wildman–Crippen LogP) is 10.1. The number of ether oxygens (including phenoxy) is 3. The maximum Gasteiger partial charge on any atom is 0.307 e. The molecule has 1 unspecified atom stereocenters. The molecule has 0 saturated heterocycles. The topological polar surface area (TPSA) is 73.9 Å². The van der Waals surface area contributed by atoms with Crippen molar-refractivity contribution in [1.82, 2.24) is 5.32 Å². The number of benzene rings is 5. The van der Waals surface area contributed by atoms with Crippen LogP contribution in [0.15, 0.2) is 132 Å². The van der Waals surface area contributed by atoms with Crippen molar-refractivity contribution in [2.75, 3.05) is 13.7 Å². The number of aryl methyl sites for hydroxylation is 1. The van der Waals surface area contributed by atoms with Crippen molar-refractivity contribution in [3.8, 4) is 28.4 Å². The minimum absolute atomic E-state index is 0.0136. The molecule has 0 aliphatic carbocycles. The molecule has 5 aromatic rings. The molecular formula is C41H40BrNO5. The first-order valence-corrected chi connectivity index (χ1v) is 17.0. The molecule has 0 heterocycles. The fourth-order valence-corrected chi connectivity index (χ4v) is 5.76. The van der Waals surface area contributed by atoms with E-state index in [2.05, 4.69) is 45.5 Å². The number of para-hydroxylation sites is 1. The first kappa shape index (κ1) is 34.5. The van der Waals surface area contributed by atoms with Crippen LogP contribution in [0.25, 0.3) is 11.1 Å². The van der Waals surface area contributed by atoms with Crippen LogP contribution >= 0.6 is 15.9 Å². The number of hydrogen-bond acceptors (Lipinski definition) is 5. The third-order valence-corrected chi connectivity index (χ3v) is 8.52. The van der Waals surface area contributed by atoms with Crippen LogP contribution < -0.4 is 14.8 Å². The van der Waals surface area contributed by atoms with Crippen LogP contribution in [0, 0.1) is 0 Å². The molecule has 0 spiro atoms. The van der Waals surface area contributed by atoms with Gasteiger partial charge < -0.3 is 19.5 Å². The highest BCUT2D eigenvalue weighted by atomic mass is 79.9. The highest BCUT2D eigenvalue weighted by Crippen LogP contribution is 2.29. The maximum absolute atomic E-state index is 13.7. The highest BCUT2D eigenvalue weighted by molar-refractivity contribution is 9.10. The number of hydrogen-bond donors (Lipinski definition) is 1. The average molecular weight is 707 g/mol. The van der Waals surface area contributed by atoms with Gasteiger partial charge in [0.2, 0.25) is 0 Å². The molecule has 1 amide bonds. The molecule has 1 atom stereocenters. The van der Waals surface area contributed by atoms with Gasteiger partial charge in [0.1, 0.15) is 17.2 Å². The summed E-state index contributed by atoms with van der Waals surface area (Å²) in [4.78, 5) is 26.1. The molecule has 0 radical (unpaired) electrons. The van der Waals surface area contributed by atoms with Gasteiger partial charge in [0.05, 0.1) is 31.7 Å². The van der Waals surface area contributed by atoms with E-state index >= 15 is 0 Å². The summed E-state index contributed by atoms with van der Waals surface area (Å²) in [5, 5.41) is 3.05. The number of amides is 1. The molecule has 0 aromatic heterocycles. The fourth-order valence-electron chi connectivity index (χ4n) is 5.40. The van der Waals surface area contributed by atoms with Crippen molar-refractivity contribution in [2.24, 2.45) is 0 Å². The number of methoxy groups -OCH3 is 1. The van der Waals surface area contributed by atoms with Gasteiger partial charge in [0.15, 0.2) is 0 Å². The van der Waals surface area contributed by atoms with E-state index in [1.54, 1.807) is 12.1 Å². The minimum atomic E-state index is -0.600. The van der Waals surface area contributed by atoms with E-state index in [0.29, 0.717) is 17.9 Å². The molecule has 6 nitrogen and oxygen atoms in total. The van der Waals surface area contributed by atoms with Gasteiger partial charge in [-0.25, -0.2) is 0 Å². The van der Waals surface area contributed by atoms with Gasteiger partial charge in [-0.1, -0.05) is 114 Å². The Bertz CT molecular complexity index is 1740. The van der Waals surface area contributed by atoms with Crippen LogP contribution in [0.1, 0.15) is 59.6 Å². The molecule has 0 fully saturated rings. The second-order valence-corrected chi connectivity index (χ2v) is 12.4. The second kappa shape index (κ2) is 17.9. The van der Waals surface area contributed by atoms with Crippen LogP contribution in [0.4, 0.5) is 0 Å². The predicted molar refractivity (Wildman–Crippen MR) is 193 cm³/mol. The van der Waals surface area contributed by atoms with E-state index in [4.69, 9.17) is 14.2 Å². The number of halogens is 1. The lowest BCUT2D eigenvalue weighted by molar-refractivity contribution is -0.141. The van der Waals surface area contributed by atoms with E-state index in [9.17, 15) is 9.59 Å². The Labute approximate surface area is 291 Å². The van der Waals surface area contributed by atoms with Crippen molar-refractivity contribution < 1.29 is 23.8 Å². The Hall–Kier alpha value is -4.88. The van der Waals surface area contributed by atoms with E-state index in [-0.39, 0.29) is 12.3 Å². The van der Waals surface area contributed by atoms with E-state index < -0.39 is 12.0 Å². The molecule has 246 valence electrons. The number of carbonyl (C=O) groups is 2. The molecule has 0 bridgehead atoms. The second-order valence-electron chi connectivity index (χ2n) is 11.5.